The first-order valence-corrected chi connectivity index (χ1v) is 5.76. The molecule has 1 rings (SSSR count). The molecular formula is C14H20O3. The van der Waals surface area contributed by atoms with Crippen molar-refractivity contribution in [1.29, 1.82) is 0 Å². The summed E-state index contributed by atoms with van der Waals surface area (Å²) < 4.78 is 10.4. The van der Waals surface area contributed by atoms with Gasteiger partial charge in [-0.15, -0.1) is 0 Å². The summed E-state index contributed by atoms with van der Waals surface area (Å²) in [7, 11) is 3.19. The molecule has 1 aromatic carbocycles. The number of ether oxygens (including phenoxy) is 2. The molecule has 0 aliphatic heterocycles. The second kappa shape index (κ2) is 5.71. The average molecular weight is 236 g/mol. The van der Waals surface area contributed by atoms with Crippen LogP contribution < -0.4 is 9.47 Å². The minimum absolute atomic E-state index is 0.0399. The van der Waals surface area contributed by atoms with E-state index in [-0.39, 0.29) is 17.6 Å². The van der Waals surface area contributed by atoms with Crippen molar-refractivity contribution in [2.75, 3.05) is 14.2 Å². The summed E-state index contributed by atoms with van der Waals surface area (Å²) in [6.07, 6.45) is 0. The van der Waals surface area contributed by atoms with E-state index in [9.17, 15) is 4.79 Å². The fourth-order valence-corrected chi connectivity index (χ4v) is 1.79. The monoisotopic (exact) mass is 236 g/mol. The summed E-state index contributed by atoms with van der Waals surface area (Å²) in [5.41, 5.74) is 0.960. The molecule has 1 atom stereocenters. The summed E-state index contributed by atoms with van der Waals surface area (Å²) in [4.78, 5) is 11.9. The van der Waals surface area contributed by atoms with Gasteiger partial charge in [0.1, 0.15) is 5.78 Å². The molecule has 0 aliphatic rings. The lowest BCUT2D eigenvalue weighted by Gasteiger charge is -2.15. The highest BCUT2D eigenvalue weighted by molar-refractivity contribution is 5.87. The van der Waals surface area contributed by atoms with E-state index in [1.807, 2.05) is 39.0 Å². The van der Waals surface area contributed by atoms with Gasteiger partial charge in [-0.25, -0.2) is 0 Å². The van der Waals surface area contributed by atoms with Crippen LogP contribution in [0.2, 0.25) is 0 Å². The van der Waals surface area contributed by atoms with Gasteiger partial charge in [0.15, 0.2) is 11.5 Å². The fourth-order valence-electron chi connectivity index (χ4n) is 1.79. The van der Waals surface area contributed by atoms with Crippen LogP contribution in [-0.4, -0.2) is 20.0 Å². The maximum atomic E-state index is 11.9. The standard InChI is InChI=1S/C14H20O3/c1-9(2)14(15)10(3)11-6-7-12(16-4)13(8-11)17-5/h6-10H,1-5H3. The van der Waals surface area contributed by atoms with Crippen LogP contribution in [0.25, 0.3) is 0 Å². The third kappa shape index (κ3) is 2.99. The summed E-state index contributed by atoms with van der Waals surface area (Å²) >= 11 is 0. The van der Waals surface area contributed by atoms with Gasteiger partial charge in [0.05, 0.1) is 14.2 Å². The van der Waals surface area contributed by atoms with E-state index in [0.717, 1.165) is 5.56 Å². The predicted molar refractivity (Wildman–Crippen MR) is 67.8 cm³/mol. The zero-order valence-corrected chi connectivity index (χ0v) is 11.1. The van der Waals surface area contributed by atoms with Gasteiger partial charge in [0.25, 0.3) is 0 Å². The van der Waals surface area contributed by atoms with Crippen LogP contribution in [0.5, 0.6) is 11.5 Å². The lowest BCUT2D eigenvalue weighted by Crippen LogP contribution is -2.15. The number of rotatable bonds is 5. The first-order valence-electron chi connectivity index (χ1n) is 5.76. The molecule has 0 aromatic heterocycles. The largest absolute Gasteiger partial charge is 0.493 e. The molecular weight excluding hydrogens is 216 g/mol. The smallest absolute Gasteiger partial charge is 0.161 e. The van der Waals surface area contributed by atoms with E-state index < -0.39 is 0 Å². The Morgan fingerprint density at radius 3 is 2.12 bits per heavy atom. The topological polar surface area (TPSA) is 35.5 Å². The highest BCUT2D eigenvalue weighted by Gasteiger charge is 2.19. The number of hydrogen-bond acceptors (Lipinski definition) is 3. The summed E-state index contributed by atoms with van der Waals surface area (Å²) in [6.45, 7) is 5.75. The van der Waals surface area contributed by atoms with E-state index in [4.69, 9.17) is 9.47 Å². The Balaban J connectivity index is 3.03. The molecule has 0 bridgehead atoms. The molecule has 0 saturated carbocycles. The van der Waals surface area contributed by atoms with Crippen LogP contribution in [0.4, 0.5) is 0 Å². The first kappa shape index (κ1) is 13.6. The number of hydrogen-bond donors (Lipinski definition) is 0. The molecule has 0 amide bonds. The number of carbonyl (C=O) groups is 1. The van der Waals surface area contributed by atoms with Crippen LogP contribution in [0.3, 0.4) is 0 Å². The quantitative estimate of drug-likeness (QED) is 0.788. The van der Waals surface area contributed by atoms with Crippen LogP contribution in [0.1, 0.15) is 32.3 Å². The predicted octanol–water partition coefficient (Wildman–Crippen LogP) is 3.03. The van der Waals surface area contributed by atoms with E-state index in [1.165, 1.54) is 0 Å². The zero-order valence-electron chi connectivity index (χ0n) is 11.1. The summed E-state index contributed by atoms with van der Waals surface area (Å²) in [5, 5.41) is 0. The Morgan fingerprint density at radius 1 is 1.06 bits per heavy atom. The summed E-state index contributed by atoms with van der Waals surface area (Å²) in [5.74, 6) is 1.50. The maximum Gasteiger partial charge on any atom is 0.161 e. The van der Waals surface area contributed by atoms with Gasteiger partial charge in [-0.1, -0.05) is 26.8 Å². The van der Waals surface area contributed by atoms with Crippen molar-refractivity contribution in [3.8, 4) is 11.5 Å². The molecule has 17 heavy (non-hydrogen) atoms. The van der Waals surface area contributed by atoms with Gasteiger partial charge in [-0.3, -0.25) is 4.79 Å². The van der Waals surface area contributed by atoms with Crippen molar-refractivity contribution in [1.82, 2.24) is 0 Å². The van der Waals surface area contributed by atoms with Crippen LogP contribution in [0.15, 0.2) is 18.2 Å². The Morgan fingerprint density at radius 2 is 1.65 bits per heavy atom. The Hall–Kier alpha value is -1.51. The number of ketones is 1. The minimum Gasteiger partial charge on any atom is -0.493 e. The van der Waals surface area contributed by atoms with Crippen LogP contribution in [0, 0.1) is 5.92 Å². The fraction of sp³-hybridized carbons (Fsp3) is 0.500. The molecule has 0 radical (unpaired) electrons. The van der Waals surface area contributed by atoms with Crippen LogP contribution in [-0.2, 0) is 4.79 Å². The lowest BCUT2D eigenvalue weighted by molar-refractivity contribution is -0.123. The molecule has 1 aromatic rings. The van der Waals surface area contributed by atoms with Crippen molar-refractivity contribution in [2.24, 2.45) is 5.92 Å². The second-order valence-electron chi connectivity index (χ2n) is 4.39. The van der Waals surface area contributed by atoms with Gasteiger partial charge in [0.2, 0.25) is 0 Å². The number of Topliss-reactive ketones (excluding diaryl/α,β-unsaturated/α-hetero) is 1. The van der Waals surface area contributed by atoms with Gasteiger partial charge in [-0.2, -0.15) is 0 Å². The normalized spacial score (nSPS) is 12.4. The third-order valence-corrected chi connectivity index (χ3v) is 2.90. The van der Waals surface area contributed by atoms with Crippen molar-refractivity contribution < 1.29 is 14.3 Å². The molecule has 0 spiro atoms. The minimum atomic E-state index is -0.116. The van der Waals surface area contributed by atoms with Crippen molar-refractivity contribution in [3.63, 3.8) is 0 Å². The average Bonchev–Trinajstić information content (AvgIpc) is 2.35. The van der Waals surface area contributed by atoms with Gasteiger partial charge in [-0.05, 0) is 17.7 Å². The van der Waals surface area contributed by atoms with Gasteiger partial charge >= 0.3 is 0 Å². The highest BCUT2D eigenvalue weighted by Crippen LogP contribution is 2.31. The number of methoxy groups -OCH3 is 2. The van der Waals surface area contributed by atoms with Gasteiger partial charge in [0, 0.05) is 11.8 Å². The maximum absolute atomic E-state index is 11.9. The van der Waals surface area contributed by atoms with E-state index >= 15 is 0 Å². The van der Waals surface area contributed by atoms with Gasteiger partial charge < -0.3 is 9.47 Å². The molecule has 1 unspecified atom stereocenters. The lowest BCUT2D eigenvalue weighted by atomic mass is 9.90. The van der Waals surface area contributed by atoms with Crippen LogP contribution >= 0.6 is 0 Å². The SMILES string of the molecule is COc1ccc(C(C)C(=O)C(C)C)cc1OC. The molecule has 0 saturated heterocycles. The molecule has 0 fully saturated rings. The van der Waals surface area contributed by atoms with E-state index in [0.29, 0.717) is 11.5 Å². The Kier molecular flexibility index (Phi) is 4.55. The molecule has 0 N–H and O–H groups in total. The molecule has 0 aliphatic carbocycles. The Bertz CT molecular complexity index is 396. The van der Waals surface area contributed by atoms with Crippen molar-refractivity contribution in [3.05, 3.63) is 23.8 Å². The van der Waals surface area contributed by atoms with Crippen molar-refractivity contribution >= 4 is 5.78 Å². The Labute approximate surface area is 103 Å². The molecule has 3 heteroatoms. The van der Waals surface area contributed by atoms with E-state index in [2.05, 4.69) is 0 Å². The molecule has 0 heterocycles. The van der Waals surface area contributed by atoms with E-state index in [1.54, 1.807) is 14.2 Å². The second-order valence-corrected chi connectivity index (χ2v) is 4.39. The molecule has 3 nitrogen and oxygen atoms in total. The number of benzene rings is 1. The first-order chi connectivity index (χ1) is 8.01. The zero-order chi connectivity index (χ0) is 13.0. The summed E-state index contributed by atoms with van der Waals surface area (Å²) in [6, 6.07) is 5.61. The third-order valence-electron chi connectivity index (χ3n) is 2.90. The number of carbonyl (C=O) groups excluding carboxylic acids is 1. The highest BCUT2D eigenvalue weighted by atomic mass is 16.5. The molecule has 94 valence electrons. The van der Waals surface area contributed by atoms with Crippen molar-refractivity contribution in [2.45, 2.75) is 26.7 Å².